The maximum absolute atomic E-state index is 12.1. The van der Waals surface area contributed by atoms with Crippen LogP contribution in [0.5, 0.6) is 0 Å². The molecule has 0 saturated carbocycles. The van der Waals surface area contributed by atoms with Crippen LogP contribution in [-0.2, 0) is 14.3 Å². The van der Waals surface area contributed by atoms with E-state index in [0.29, 0.717) is 22.2 Å². The van der Waals surface area contributed by atoms with Crippen LogP contribution in [0.25, 0.3) is 0 Å². The maximum atomic E-state index is 12.1. The van der Waals surface area contributed by atoms with Crippen molar-refractivity contribution in [2.45, 2.75) is 4.90 Å². The number of fused-ring (bicyclic) bond motifs is 1. The van der Waals surface area contributed by atoms with Crippen LogP contribution in [0.1, 0.15) is 10.4 Å². The first-order valence-electron chi connectivity index (χ1n) is 7.42. The molecule has 1 heterocycles. The predicted molar refractivity (Wildman–Crippen MR) is 101 cm³/mol. The van der Waals surface area contributed by atoms with Crippen molar-refractivity contribution in [2.24, 2.45) is 0 Å². The molecule has 2 N–H and O–H groups in total. The zero-order valence-corrected chi connectivity index (χ0v) is 15.5. The molecule has 0 aromatic heterocycles. The topological polar surface area (TPSA) is 84.5 Å². The summed E-state index contributed by atoms with van der Waals surface area (Å²) >= 11 is 13.2. The van der Waals surface area contributed by atoms with E-state index in [-0.39, 0.29) is 16.5 Å². The van der Waals surface area contributed by atoms with Crippen molar-refractivity contribution in [3.8, 4) is 0 Å². The van der Waals surface area contributed by atoms with Crippen LogP contribution in [0.3, 0.4) is 0 Å². The highest BCUT2D eigenvalue weighted by Crippen LogP contribution is 2.32. The van der Waals surface area contributed by atoms with E-state index in [1.807, 2.05) is 0 Å². The van der Waals surface area contributed by atoms with Gasteiger partial charge in [-0.2, -0.15) is 0 Å². The van der Waals surface area contributed by atoms with E-state index in [0.717, 1.165) is 4.90 Å². The fourth-order valence-corrected chi connectivity index (χ4v) is 3.35. The minimum Gasteiger partial charge on any atom is -0.452 e. The number of hydrogen-bond acceptors (Lipinski definition) is 5. The van der Waals surface area contributed by atoms with E-state index in [2.05, 4.69) is 10.6 Å². The van der Waals surface area contributed by atoms with Gasteiger partial charge in [-0.3, -0.25) is 9.59 Å². The molecule has 1 aliphatic rings. The average molecular weight is 411 g/mol. The number of halogens is 2. The zero-order chi connectivity index (χ0) is 18.7. The van der Waals surface area contributed by atoms with Gasteiger partial charge in [0.05, 0.1) is 32.7 Å². The highest BCUT2D eigenvalue weighted by atomic mass is 35.5. The molecule has 0 saturated heterocycles. The standard InChI is InChI=1S/C17H12Cl2N2O4S/c18-10-2-1-3-11(16(10)19)20-14(22)7-25-17(24)9-4-5-13-12(6-9)21-15(23)8-26-13/h1-6H,7-8H2,(H,20,22)(H,21,23). The Balaban J connectivity index is 1.60. The van der Waals surface area contributed by atoms with Crippen LogP contribution < -0.4 is 10.6 Å². The molecule has 0 unspecified atom stereocenters. The second-order valence-corrected chi connectivity index (χ2v) is 7.08. The Hall–Kier alpha value is -2.22. The summed E-state index contributed by atoms with van der Waals surface area (Å²) in [6, 6.07) is 9.63. The Kier molecular flexibility index (Phi) is 5.70. The second-order valence-electron chi connectivity index (χ2n) is 5.27. The molecular weight excluding hydrogens is 399 g/mol. The zero-order valence-electron chi connectivity index (χ0n) is 13.2. The van der Waals surface area contributed by atoms with Gasteiger partial charge in [-0.1, -0.05) is 29.3 Å². The largest absolute Gasteiger partial charge is 0.452 e. The first kappa shape index (κ1) is 18.6. The smallest absolute Gasteiger partial charge is 0.338 e. The Morgan fingerprint density at radius 3 is 2.85 bits per heavy atom. The van der Waals surface area contributed by atoms with Crippen molar-refractivity contribution in [3.05, 3.63) is 52.0 Å². The lowest BCUT2D eigenvalue weighted by Crippen LogP contribution is -2.22. The van der Waals surface area contributed by atoms with E-state index in [4.69, 9.17) is 27.9 Å². The minimum absolute atomic E-state index is 0.134. The van der Waals surface area contributed by atoms with Crippen molar-refractivity contribution in [3.63, 3.8) is 0 Å². The van der Waals surface area contributed by atoms with Crippen molar-refractivity contribution in [2.75, 3.05) is 23.0 Å². The molecule has 1 aliphatic heterocycles. The first-order chi connectivity index (χ1) is 12.4. The normalized spacial score (nSPS) is 12.8. The summed E-state index contributed by atoms with van der Waals surface area (Å²) in [4.78, 5) is 36.4. The van der Waals surface area contributed by atoms with Gasteiger partial charge in [0.15, 0.2) is 6.61 Å². The maximum Gasteiger partial charge on any atom is 0.338 e. The number of rotatable bonds is 4. The number of hydrogen-bond donors (Lipinski definition) is 2. The number of esters is 1. The third-order valence-electron chi connectivity index (χ3n) is 3.41. The average Bonchev–Trinajstić information content (AvgIpc) is 2.63. The highest BCUT2D eigenvalue weighted by Gasteiger charge is 2.18. The van der Waals surface area contributed by atoms with Crippen LogP contribution in [-0.4, -0.2) is 30.1 Å². The highest BCUT2D eigenvalue weighted by molar-refractivity contribution is 8.00. The molecule has 2 amide bonds. The molecule has 0 spiro atoms. The van der Waals surface area contributed by atoms with Gasteiger partial charge in [0, 0.05) is 4.90 Å². The summed E-state index contributed by atoms with van der Waals surface area (Å²) in [5.41, 5.74) is 1.12. The second kappa shape index (κ2) is 7.99. The molecule has 134 valence electrons. The molecule has 2 aromatic carbocycles. The molecule has 6 nitrogen and oxygen atoms in total. The fourth-order valence-electron chi connectivity index (χ4n) is 2.21. The quantitative estimate of drug-likeness (QED) is 0.748. The van der Waals surface area contributed by atoms with E-state index >= 15 is 0 Å². The minimum atomic E-state index is -0.676. The molecule has 0 radical (unpaired) electrons. The summed E-state index contributed by atoms with van der Waals surface area (Å²) in [6.07, 6.45) is 0. The van der Waals surface area contributed by atoms with E-state index in [1.165, 1.54) is 17.8 Å². The molecule has 3 rings (SSSR count). The van der Waals surface area contributed by atoms with Crippen LogP contribution in [0.2, 0.25) is 10.0 Å². The summed E-state index contributed by atoms with van der Waals surface area (Å²) in [6.45, 7) is -0.486. The van der Waals surface area contributed by atoms with Crippen molar-refractivity contribution in [1.29, 1.82) is 0 Å². The van der Waals surface area contributed by atoms with Gasteiger partial charge in [0.25, 0.3) is 5.91 Å². The Morgan fingerprint density at radius 2 is 2.04 bits per heavy atom. The summed E-state index contributed by atoms with van der Waals surface area (Å²) in [5.74, 6) is -1.02. The molecule has 0 aliphatic carbocycles. The summed E-state index contributed by atoms with van der Waals surface area (Å²) < 4.78 is 5.00. The van der Waals surface area contributed by atoms with E-state index < -0.39 is 18.5 Å². The molecule has 9 heteroatoms. The van der Waals surface area contributed by atoms with Crippen LogP contribution in [0, 0.1) is 0 Å². The van der Waals surface area contributed by atoms with Crippen LogP contribution >= 0.6 is 35.0 Å². The number of anilines is 2. The molecule has 26 heavy (non-hydrogen) atoms. The number of amides is 2. The molecule has 2 aromatic rings. The number of thioether (sulfide) groups is 1. The SMILES string of the molecule is O=C1CSc2ccc(C(=O)OCC(=O)Nc3cccc(Cl)c3Cl)cc2N1. The van der Waals surface area contributed by atoms with Crippen molar-refractivity contribution < 1.29 is 19.1 Å². The van der Waals surface area contributed by atoms with Gasteiger partial charge in [-0.05, 0) is 30.3 Å². The number of carbonyl (C=O) groups excluding carboxylic acids is 3. The predicted octanol–water partition coefficient (Wildman–Crippen LogP) is 3.83. The van der Waals surface area contributed by atoms with Gasteiger partial charge < -0.3 is 15.4 Å². The summed E-state index contributed by atoms with van der Waals surface area (Å²) in [5, 5.41) is 5.72. The molecular formula is C17H12Cl2N2O4S. The van der Waals surface area contributed by atoms with Crippen LogP contribution in [0.4, 0.5) is 11.4 Å². The van der Waals surface area contributed by atoms with Crippen LogP contribution in [0.15, 0.2) is 41.3 Å². The lowest BCUT2D eigenvalue weighted by Gasteiger charge is -2.16. The number of nitrogens with one attached hydrogen (secondary N) is 2. The third-order valence-corrected chi connectivity index (χ3v) is 5.30. The lowest BCUT2D eigenvalue weighted by molar-refractivity contribution is -0.119. The molecule has 0 atom stereocenters. The van der Waals surface area contributed by atoms with Gasteiger partial charge in [0.2, 0.25) is 5.91 Å². The van der Waals surface area contributed by atoms with Crippen molar-refractivity contribution >= 4 is 64.1 Å². The van der Waals surface area contributed by atoms with Gasteiger partial charge in [-0.25, -0.2) is 4.79 Å². The molecule has 0 bridgehead atoms. The number of ether oxygens (including phenoxy) is 1. The van der Waals surface area contributed by atoms with Gasteiger partial charge in [0.1, 0.15) is 0 Å². The van der Waals surface area contributed by atoms with E-state index in [9.17, 15) is 14.4 Å². The fraction of sp³-hybridized carbons (Fsp3) is 0.118. The number of benzene rings is 2. The lowest BCUT2D eigenvalue weighted by atomic mass is 10.2. The van der Waals surface area contributed by atoms with Gasteiger partial charge in [-0.15, -0.1) is 11.8 Å². The third kappa shape index (κ3) is 4.30. The van der Waals surface area contributed by atoms with E-state index in [1.54, 1.807) is 30.3 Å². The Morgan fingerprint density at radius 1 is 1.23 bits per heavy atom. The van der Waals surface area contributed by atoms with Crippen molar-refractivity contribution in [1.82, 2.24) is 0 Å². The Bertz CT molecular complexity index is 904. The monoisotopic (exact) mass is 410 g/mol. The van der Waals surface area contributed by atoms with Gasteiger partial charge >= 0.3 is 5.97 Å². The number of carbonyl (C=O) groups is 3. The summed E-state index contributed by atoms with van der Waals surface area (Å²) in [7, 11) is 0. The first-order valence-corrected chi connectivity index (χ1v) is 9.16. The Labute approximate surface area is 163 Å². The molecule has 0 fully saturated rings.